The van der Waals surface area contributed by atoms with Crippen LogP contribution >= 0.6 is 12.6 Å². The standard InChI is InChI=1S/C25H24N4O8S/c30-20(36-11-9-28-21(31)16-5-1-3-7-18(16)26-24(28)34)13-15(14-38)23(33)37-12-10-29-22(32)17-6-2-4-8-19(17)27-25(29)35/h1-8,15,38H,9-14H2,(H,26,34)(H,27,35). The monoisotopic (exact) mass is 540 g/mol. The second-order valence-electron chi connectivity index (χ2n) is 8.34. The number of hydrogen-bond acceptors (Lipinski definition) is 9. The van der Waals surface area contributed by atoms with Crippen LogP contribution in [0.25, 0.3) is 21.8 Å². The topological polar surface area (TPSA) is 162 Å². The molecule has 0 spiro atoms. The van der Waals surface area contributed by atoms with Crippen LogP contribution in [0.1, 0.15) is 6.42 Å². The van der Waals surface area contributed by atoms with Gasteiger partial charge >= 0.3 is 23.3 Å². The number of fused-ring (bicyclic) bond motifs is 2. The van der Waals surface area contributed by atoms with E-state index in [1.165, 1.54) is 0 Å². The van der Waals surface area contributed by atoms with Crippen molar-refractivity contribution < 1.29 is 19.1 Å². The van der Waals surface area contributed by atoms with Gasteiger partial charge in [-0.3, -0.25) is 28.3 Å². The van der Waals surface area contributed by atoms with E-state index in [2.05, 4.69) is 22.6 Å². The van der Waals surface area contributed by atoms with Crippen LogP contribution < -0.4 is 22.5 Å². The lowest BCUT2D eigenvalue weighted by Gasteiger charge is -2.14. The smallest absolute Gasteiger partial charge is 0.328 e. The third-order valence-electron chi connectivity index (χ3n) is 5.88. The fraction of sp³-hybridized carbons (Fsp3) is 0.280. The Morgan fingerprint density at radius 1 is 0.763 bits per heavy atom. The van der Waals surface area contributed by atoms with Crippen LogP contribution in [0.4, 0.5) is 0 Å². The Bertz CT molecular complexity index is 1740. The van der Waals surface area contributed by atoms with Crippen molar-refractivity contribution in [3.05, 3.63) is 90.2 Å². The summed E-state index contributed by atoms with van der Waals surface area (Å²) in [6.07, 6.45) is -0.345. The molecule has 4 rings (SSSR count). The summed E-state index contributed by atoms with van der Waals surface area (Å²) < 4.78 is 12.1. The Kier molecular flexibility index (Phi) is 8.26. The number of ether oxygens (including phenoxy) is 2. The molecule has 4 aromatic rings. The third-order valence-corrected chi connectivity index (χ3v) is 6.32. The number of hydrogen-bond donors (Lipinski definition) is 3. The molecule has 38 heavy (non-hydrogen) atoms. The van der Waals surface area contributed by atoms with E-state index in [4.69, 9.17) is 9.47 Å². The van der Waals surface area contributed by atoms with Crippen molar-refractivity contribution in [2.45, 2.75) is 19.5 Å². The van der Waals surface area contributed by atoms with E-state index >= 15 is 0 Å². The SMILES string of the molecule is O=C(CC(CS)C(=O)OCCn1c(=O)[nH]c2ccccc2c1=O)OCCn1c(=O)[nH]c2ccccc2c1=O. The molecule has 2 aromatic heterocycles. The first kappa shape index (κ1) is 26.7. The van der Waals surface area contributed by atoms with Crippen molar-refractivity contribution in [1.82, 2.24) is 19.1 Å². The Morgan fingerprint density at radius 3 is 1.74 bits per heavy atom. The molecular formula is C25H24N4O8S. The molecule has 1 atom stereocenters. The van der Waals surface area contributed by atoms with Crippen LogP contribution in [0.2, 0.25) is 0 Å². The van der Waals surface area contributed by atoms with Crippen molar-refractivity contribution in [3.63, 3.8) is 0 Å². The van der Waals surface area contributed by atoms with Gasteiger partial charge in [0.25, 0.3) is 11.1 Å². The van der Waals surface area contributed by atoms with E-state index in [-0.39, 0.29) is 38.5 Å². The molecular weight excluding hydrogens is 516 g/mol. The van der Waals surface area contributed by atoms with Gasteiger partial charge < -0.3 is 19.4 Å². The summed E-state index contributed by atoms with van der Waals surface area (Å²) in [5.41, 5.74) is -1.49. The molecule has 0 bridgehead atoms. The second-order valence-corrected chi connectivity index (χ2v) is 8.70. The van der Waals surface area contributed by atoms with Crippen molar-refractivity contribution >= 4 is 46.4 Å². The highest BCUT2D eigenvalue weighted by molar-refractivity contribution is 7.80. The van der Waals surface area contributed by atoms with Gasteiger partial charge in [-0.2, -0.15) is 12.6 Å². The summed E-state index contributed by atoms with van der Waals surface area (Å²) in [6, 6.07) is 13.1. The zero-order valence-electron chi connectivity index (χ0n) is 20.0. The van der Waals surface area contributed by atoms with Crippen LogP contribution in [-0.4, -0.2) is 50.0 Å². The van der Waals surface area contributed by atoms with E-state index in [1.807, 2.05) is 0 Å². The maximum absolute atomic E-state index is 12.6. The normalized spacial score (nSPS) is 11.9. The van der Waals surface area contributed by atoms with Gasteiger partial charge in [-0.1, -0.05) is 24.3 Å². The Hall–Kier alpha value is -4.39. The largest absolute Gasteiger partial charge is 0.464 e. The number of esters is 2. The minimum Gasteiger partial charge on any atom is -0.464 e. The Morgan fingerprint density at radius 2 is 1.24 bits per heavy atom. The molecule has 0 saturated carbocycles. The number of nitrogens with one attached hydrogen (secondary N) is 2. The maximum Gasteiger partial charge on any atom is 0.328 e. The highest BCUT2D eigenvalue weighted by Gasteiger charge is 2.23. The predicted molar refractivity (Wildman–Crippen MR) is 142 cm³/mol. The van der Waals surface area contributed by atoms with E-state index in [9.17, 15) is 28.8 Å². The molecule has 0 aliphatic heterocycles. The summed E-state index contributed by atoms with van der Waals surface area (Å²) >= 11 is 4.09. The van der Waals surface area contributed by atoms with Crippen molar-refractivity contribution in [2.24, 2.45) is 5.92 Å². The molecule has 0 fully saturated rings. The average Bonchev–Trinajstić information content (AvgIpc) is 2.90. The zero-order valence-corrected chi connectivity index (χ0v) is 20.9. The molecule has 0 radical (unpaired) electrons. The molecule has 1 unspecified atom stereocenters. The predicted octanol–water partition coefficient (Wildman–Crippen LogP) is 0.416. The van der Waals surface area contributed by atoms with E-state index in [1.54, 1.807) is 48.5 Å². The quantitative estimate of drug-likeness (QED) is 0.193. The number of aromatic amines is 2. The summed E-state index contributed by atoms with van der Waals surface area (Å²) in [5, 5.41) is 0.645. The van der Waals surface area contributed by atoms with Gasteiger partial charge in [0.15, 0.2) is 0 Å². The number of rotatable bonds is 10. The highest BCUT2D eigenvalue weighted by atomic mass is 32.1. The number of nitrogens with zero attached hydrogens (tertiary/aromatic N) is 2. The van der Waals surface area contributed by atoms with Crippen molar-refractivity contribution in [3.8, 4) is 0 Å². The number of carbonyl (C=O) groups is 2. The minimum absolute atomic E-state index is 0.0196. The van der Waals surface area contributed by atoms with E-state index < -0.39 is 40.4 Å². The van der Waals surface area contributed by atoms with Crippen LogP contribution in [0.5, 0.6) is 0 Å². The lowest BCUT2D eigenvalue weighted by Crippen LogP contribution is -2.37. The molecule has 12 nitrogen and oxygen atoms in total. The van der Waals surface area contributed by atoms with Crippen LogP contribution in [0, 0.1) is 5.92 Å². The highest BCUT2D eigenvalue weighted by Crippen LogP contribution is 2.10. The number of carbonyl (C=O) groups excluding carboxylic acids is 2. The second kappa shape index (κ2) is 11.8. The Balaban J connectivity index is 1.29. The van der Waals surface area contributed by atoms with E-state index in [0.29, 0.717) is 21.8 Å². The summed E-state index contributed by atoms with van der Waals surface area (Å²) in [7, 11) is 0. The molecule has 198 valence electrons. The molecule has 2 heterocycles. The molecule has 2 N–H and O–H groups in total. The average molecular weight is 541 g/mol. The van der Waals surface area contributed by atoms with Gasteiger partial charge in [0.05, 0.1) is 47.2 Å². The van der Waals surface area contributed by atoms with Gasteiger partial charge in [-0.05, 0) is 24.3 Å². The summed E-state index contributed by atoms with van der Waals surface area (Å²) in [5.74, 6) is -2.45. The lowest BCUT2D eigenvalue weighted by atomic mass is 10.1. The fourth-order valence-corrected chi connectivity index (χ4v) is 4.17. The zero-order chi connectivity index (χ0) is 27.2. The number of aromatic nitrogens is 4. The van der Waals surface area contributed by atoms with Crippen LogP contribution in [0.15, 0.2) is 67.7 Å². The third kappa shape index (κ3) is 5.78. The lowest BCUT2D eigenvalue weighted by molar-refractivity contribution is -0.154. The van der Waals surface area contributed by atoms with Crippen LogP contribution in [-0.2, 0) is 32.2 Å². The van der Waals surface area contributed by atoms with Gasteiger partial charge in [-0.25, -0.2) is 9.59 Å². The number of H-pyrrole nitrogens is 2. The molecule has 0 saturated heterocycles. The fourth-order valence-electron chi connectivity index (χ4n) is 3.89. The first-order chi connectivity index (χ1) is 18.3. The molecule has 2 aromatic carbocycles. The Labute approximate surface area is 219 Å². The summed E-state index contributed by atoms with van der Waals surface area (Å²) in [4.78, 5) is 79.4. The van der Waals surface area contributed by atoms with E-state index in [0.717, 1.165) is 9.13 Å². The molecule has 13 heteroatoms. The number of thiol groups is 1. The van der Waals surface area contributed by atoms with Gasteiger partial charge in [-0.15, -0.1) is 0 Å². The van der Waals surface area contributed by atoms with Gasteiger partial charge in [0.2, 0.25) is 0 Å². The van der Waals surface area contributed by atoms with Crippen LogP contribution in [0.3, 0.4) is 0 Å². The molecule has 0 aliphatic rings. The molecule has 0 amide bonds. The van der Waals surface area contributed by atoms with Gasteiger partial charge in [0.1, 0.15) is 13.2 Å². The van der Waals surface area contributed by atoms with Gasteiger partial charge in [0, 0.05) is 5.75 Å². The first-order valence-corrected chi connectivity index (χ1v) is 12.3. The van der Waals surface area contributed by atoms with Crippen molar-refractivity contribution in [1.29, 1.82) is 0 Å². The number of para-hydroxylation sites is 2. The first-order valence-electron chi connectivity index (χ1n) is 11.7. The van der Waals surface area contributed by atoms with Crippen molar-refractivity contribution in [2.75, 3.05) is 19.0 Å². The molecule has 0 aliphatic carbocycles. The summed E-state index contributed by atoms with van der Waals surface area (Å²) in [6.45, 7) is -0.880. The maximum atomic E-state index is 12.6. The minimum atomic E-state index is -0.941. The number of benzene rings is 2.